The Labute approximate surface area is 112 Å². The van der Waals surface area contributed by atoms with Gasteiger partial charge in [0.1, 0.15) is 5.75 Å². The molecule has 0 spiro atoms. The van der Waals surface area contributed by atoms with Gasteiger partial charge in [0.15, 0.2) is 5.82 Å². The third kappa shape index (κ3) is 3.57. The molecule has 0 radical (unpaired) electrons. The van der Waals surface area contributed by atoms with Crippen molar-refractivity contribution in [2.45, 2.75) is 25.7 Å². The van der Waals surface area contributed by atoms with Crippen LogP contribution in [-0.4, -0.2) is 30.9 Å². The second-order valence-corrected chi connectivity index (χ2v) is 6.26. The van der Waals surface area contributed by atoms with Crippen molar-refractivity contribution in [3.8, 4) is 5.75 Å². The van der Waals surface area contributed by atoms with E-state index in [1.807, 2.05) is 0 Å². The molecule has 0 unspecified atom stereocenters. The van der Waals surface area contributed by atoms with Gasteiger partial charge in [0.25, 0.3) is 0 Å². The van der Waals surface area contributed by atoms with E-state index in [1.54, 1.807) is 0 Å². The number of phenolic OH excluding ortho intramolecular Hbond substituents is 1. The number of rotatable bonds is 3. The normalized spacial score (nSPS) is 17.9. The number of hydrogen-bond donors (Lipinski definition) is 2. The molecule has 0 bridgehead atoms. The highest BCUT2D eigenvalue weighted by atomic mass is 32.2. The van der Waals surface area contributed by atoms with Crippen LogP contribution in [0.15, 0.2) is 18.2 Å². The van der Waals surface area contributed by atoms with Gasteiger partial charge in [-0.1, -0.05) is 12.8 Å². The quantitative estimate of drug-likeness (QED) is 0.836. The first-order valence-corrected chi connectivity index (χ1v) is 7.69. The summed E-state index contributed by atoms with van der Waals surface area (Å²) in [6.07, 6.45) is 3.66. The van der Waals surface area contributed by atoms with Gasteiger partial charge in [0.2, 0.25) is 0 Å². The van der Waals surface area contributed by atoms with Crippen molar-refractivity contribution in [1.82, 2.24) is 4.31 Å². The van der Waals surface area contributed by atoms with E-state index in [0.29, 0.717) is 13.1 Å². The van der Waals surface area contributed by atoms with Gasteiger partial charge in [-0.2, -0.15) is 12.7 Å². The maximum atomic E-state index is 13.5. The van der Waals surface area contributed by atoms with E-state index in [1.165, 1.54) is 16.4 Å². The number of hydrogen-bond acceptors (Lipinski definition) is 3. The second kappa shape index (κ2) is 5.75. The number of aromatic hydroxyl groups is 1. The number of benzene rings is 1. The van der Waals surface area contributed by atoms with E-state index >= 15 is 0 Å². The van der Waals surface area contributed by atoms with Crippen molar-refractivity contribution < 1.29 is 17.9 Å². The molecule has 7 heteroatoms. The van der Waals surface area contributed by atoms with Crippen molar-refractivity contribution >= 4 is 15.9 Å². The van der Waals surface area contributed by atoms with E-state index in [2.05, 4.69) is 4.72 Å². The van der Waals surface area contributed by atoms with Crippen molar-refractivity contribution in [2.24, 2.45) is 0 Å². The van der Waals surface area contributed by atoms with Gasteiger partial charge in [-0.25, -0.2) is 4.39 Å². The van der Waals surface area contributed by atoms with Gasteiger partial charge in [-0.3, -0.25) is 4.72 Å². The van der Waals surface area contributed by atoms with E-state index in [9.17, 15) is 12.8 Å². The zero-order chi connectivity index (χ0) is 13.9. The second-order valence-electron chi connectivity index (χ2n) is 4.58. The fourth-order valence-corrected chi connectivity index (χ4v) is 3.38. The predicted molar refractivity (Wildman–Crippen MR) is 70.6 cm³/mol. The third-order valence-corrected chi connectivity index (χ3v) is 4.62. The minimum absolute atomic E-state index is 0.151. The van der Waals surface area contributed by atoms with Gasteiger partial charge in [-0.05, 0) is 25.0 Å². The van der Waals surface area contributed by atoms with Crippen LogP contribution in [0.3, 0.4) is 0 Å². The smallest absolute Gasteiger partial charge is 0.301 e. The summed E-state index contributed by atoms with van der Waals surface area (Å²) in [7, 11) is -3.73. The van der Waals surface area contributed by atoms with Crippen LogP contribution in [0.2, 0.25) is 0 Å². The van der Waals surface area contributed by atoms with E-state index < -0.39 is 16.0 Å². The summed E-state index contributed by atoms with van der Waals surface area (Å²) in [5.74, 6) is -1.03. The minimum atomic E-state index is -3.73. The highest BCUT2D eigenvalue weighted by Crippen LogP contribution is 2.22. The van der Waals surface area contributed by atoms with Gasteiger partial charge in [0, 0.05) is 19.2 Å². The first kappa shape index (κ1) is 14.1. The Morgan fingerprint density at radius 3 is 2.37 bits per heavy atom. The minimum Gasteiger partial charge on any atom is -0.508 e. The van der Waals surface area contributed by atoms with E-state index in [0.717, 1.165) is 31.7 Å². The Morgan fingerprint density at radius 2 is 1.79 bits per heavy atom. The van der Waals surface area contributed by atoms with Crippen LogP contribution in [-0.2, 0) is 10.2 Å². The number of nitrogens with zero attached hydrogens (tertiary/aromatic N) is 1. The van der Waals surface area contributed by atoms with Crippen molar-refractivity contribution in [1.29, 1.82) is 0 Å². The van der Waals surface area contributed by atoms with E-state index in [4.69, 9.17) is 5.11 Å². The van der Waals surface area contributed by atoms with Crippen molar-refractivity contribution in [2.75, 3.05) is 17.8 Å². The van der Waals surface area contributed by atoms with E-state index in [-0.39, 0.29) is 11.4 Å². The lowest BCUT2D eigenvalue weighted by atomic mass is 10.2. The van der Waals surface area contributed by atoms with Gasteiger partial charge in [0.05, 0.1) is 5.69 Å². The predicted octanol–water partition coefficient (Wildman–Crippen LogP) is 2.06. The Morgan fingerprint density at radius 1 is 1.16 bits per heavy atom. The number of nitrogens with one attached hydrogen (secondary N) is 1. The molecule has 5 nitrogen and oxygen atoms in total. The van der Waals surface area contributed by atoms with Crippen molar-refractivity contribution in [3.63, 3.8) is 0 Å². The summed E-state index contributed by atoms with van der Waals surface area (Å²) in [6, 6.07) is 3.32. The average molecular weight is 288 g/mol. The third-order valence-electron chi connectivity index (χ3n) is 3.10. The molecule has 1 aromatic carbocycles. The molecule has 1 heterocycles. The summed E-state index contributed by atoms with van der Waals surface area (Å²) < 4.78 is 41.3. The number of halogens is 1. The van der Waals surface area contributed by atoms with Crippen LogP contribution in [0.25, 0.3) is 0 Å². The summed E-state index contributed by atoms with van der Waals surface area (Å²) in [5, 5.41) is 9.09. The number of phenols is 1. The Kier molecular flexibility index (Phi) is 4.26. The molecule has 0 atom stereocenters. The molecule has 1 aliphatic heterocycles. The molecule has 0 aromatic heterocycles. The Hall–Kier alpha value is -1.34. The Balaban J connectivity index is 2.15. The zero-order valence-corrected chi connectivity index (χ0v) is 11.3. The maximum Gasteiger partial charge on any atom is 0.301 e. The van der Waals surface area contributed by atoms with Gasteiger partial charge < -0.3 is 5.11 Å². The van der Waals surface area contributed by atoms with Crippen LogP contribution in [0.1, 0.15) is 25.7 Å². The highest BCUT2D eigenvalue weighted by Gasteiger charge is 2.23. The van der Waals surface area contributed by atoms with Gasteiger partial charge in [-0.15, -0.1) is 0 Å². The van der Waals surface area contributed by atoms with Crippen LogP contribution >= 0.6 is 0 Å². The van der Waals surface area contributed by atoms with Gasteiger partial charge >= 0.3 is 10.2 Å². The molecule has 2 N–H and O–H groups in total. The molecule has 0 amide bonds. The molecule has 0 aliphatic carbocycles. The first-order valence-electron chi connectivity index (χ1n) is 6.25. The maximum absolute atomic E-state index is 13.5. The Bertz CT molecular complexity index is 540. The van der Waals surface area contributed by atoms with Crippen molar-refractivity contribution in [3.05, 3.63) is 24.0 Å². The lowest BCUT2D eigenvalue weighted by Gasteiger charge is -2.20. The van der Waals surface area contributed by atoms with Crippen LogP contribution < -0.4 is 4.72 Å². The first-order chi connectivity index (χ1) is 8.99. The molecular formula is C12H17FN2O3S. The fraction of sp³-hybridized carbons (Fsp3) is 0.500. The number of anilines is 1. The molecule has 0 saturated carbocycles. The van der Waals surface area contributed by atoms with Crippen LogP contribution in [0.5, 0.6) is 5.75 Å². The summed E-state index contributed by atoms with van der Waals surface area (Å²) in [5.41, 5.74) is -0.151. The standard InChI is InChI=1S/C12H17FN2O3S/c13-11-9-10(16)5-6-12(11)14-19(17,18)15-7-3-1-2-4-8-15/h5-6,9,14,16H,1-4,7-8H2. The lowest BCUT2D eigenvalue weighted by molar-refractivity contribution is 0.427. The molecular weight excluding hydrogens is 271 g/mol. The largest absolute Gasteiger partial charge is 0.508 e. The summed E-state index contributed by atoms with van der Waals surface area (Å²) in [6.45, 7) is 0.907. The average Bonchev–Trinajstić information content (AvgIpc) is 2.62. The molecule has 1 saturated heterocycles. The topological polar surface area (TPSA) is 69.6 Å². The monoisotopic (exact) mass is 288 g/mol. The molecule has 1 aromatic rings. The zero-order valence-electron chi connectivity index (χ0n) is 10.5. The molecule has 1 aliphatic rings. The molecule has 106 valence electrons. The lowest BCUT2D eigenvalue weighted by Crippen LogP contribution is -2.36. The fourth-order valence-electron chi connectivity index (χ4n) is 2.07. The SMILES string of the molecule is O=S(=O)(Nc1ccc(O)cc1F)N1CCCCCC1. The summed E-state index contributed by atoms with van der Waals surface area (Å²) in [4.78, 5) is 0. The highest BCUT2D eigenvalue weighted by molar-refractivity contribution is 7.90. The summed E-state index contributed by atoms with van der Waals surface area (Å²) >= 11 is 0. The molecule has 1 fully saturated rings. The molecule has 19 heavy (non-hydrogen) atoms. The molecule has 2 rings (SSSR count). The van der Waals surface area contributed by atoms with Crippen LogP contribution in [0.4, 0.5) is 10.1 Å². The van der Waals surface area contributed by atoms with Crippen LogP contribution in [0, 0.1) is 5.82 Å².